The molecule has 0 amide bonds. The molecule has 2 atom stereocenters. The lowest BCUT2D eigenvalue weighted by Gasteiger charge is -2.13. The number of ether oxygens (including phenoxy) is 4. The smallest absolute Gasteiger partial charge is 0.300 e. The van der Waals surface area contributed by atoms with Crippen molar-refractivity contribution in [1.29, 1.82) is 0 Å². The van der Waals surface area contributed by atoms with Gasteiger partial charge in [0.25, 0.3) is 5.56 Å². The average molecular weight is 474 g/mol. The zero-order valence-corrected chi connectivity index (χ0v) is 18.0. The Bertz CT molecular complexity index is 1240. The molecular weight excluding hydrogens is 453 g/mol. The Kier molecular flexibility index (Phi) is 6.25. The number of aromatic nitrogens is 2. The summed E-state index contributed by atoms with van der Waals surface area (Å²) >= 11 is 0. The summed E-state index contributed by atoms with van der Waals surface area (Å²) in [5, 5.41) is 0. The molecule has 7 nitrogen and oxygen atoms in total. The van der Waals surface area contributed by atoms with E-state index in [4.69, 9.17) is 18.9 Å². The molecule has 34 heavy (non-hydrogen) atoms. The molecule has 0 saturated carbocycles. The quantitative estimate of drug-likeness (QED) is 0.485. The van der Waals surface area contributed by atoms with E-state index in [1.165, 1.54) is 18.2 Å². The number of hydrogen-bond acceptors (Lipinski definition) is 6. The van der Waals surface area contributed by atoms with Crippen LogP contribution in [-0.4, -0.2) is 35.2 Å². The van der Waals surface area contributed by atoms with Crippen molar-refractivity contribution in [1.82, 2.24) is 9.55 Å². The van der Waals surface area contributed by atoms with Crippen LogP contribution in [-0.2, 0) is 22.6 Å². The number of halogens is 3. The SMILES string of the molecule is O=c1cc(COC2CCCO2)n2c(n1)OC(COc1ccc(-c3cc(F)cc(F)c3F)cc1)C2. The molecule has 2 aromatic carbocycles. The van der Waals surface area contributed by atoms with Crippen LogP contribution in [0.25, 0.3) is 11.1 Å². The predicted octanol–water partition coefficient (Wildman–Crippen LogP) is 3.82. The maximum atomic E-state index is 14.0. The van der Waals surface area contributed by atoms with Crippen molar-refractivity contribution in [2.45, 2.75) is 38.4 Å². The van der Waals surface area contributed by atoms with Crippen molar-refractivity contribution in [2.24, 2.45) is 0 Å². The first-order valence-corrected chi connectivity index (χ1v) is 10.8. The zero-order valence-electron chi connectivity index (χ0n) is 18.0. The highest BCUT2D eigenvalue weighted by Crippen LogP contribution is 2.28. The van der Waals surface area contributed by atoms with Crippen LogP contribution in [0.15, 0.2) is 47.3 Å². The minimum absolute atomic E-state index is 0.159. The number of hydrogen-bond donors (Lipinski definition) is 0. The van der Waals surface area contributed by atoms with Crippen LogP contribution in [0.4, 0.5) is 13.2 Å². The molecule has 2 aliphatic heterocycles. The molecule has 3 aromatic rings. The second-order valence-corrected chi connectivity index (χ2v) is 8.06. The van der Waals surface area contributed by atoms with Crippen LogP contribution < -0.4 is 15.0 Å². The van der Waals surface area contributed by atoms with Gasteiger partial charge in [-0.25, -0.2) is 13.2 Å². The van der Waals surface area contributed by atoms with Crippen LogP contribution in [0.1, 0.15) is 18.5 Å². The van der Waals surface area contributed by atoms with Gasteiger partial charge in [-0.2, -0.15) is 4.98 Å². The Hall–Kier alpha value is -3.37. The van der Waals surface area contributed by atoms with Crippen molar-refractivity contribution in [2.75, 3.05) is 13.2 Å². The summed E-state index contributed by atoms with van der Waals surface area (Å²) in [7, 11) is 0. The summed E-state index contributed by atoms with van der Waals surface area (Å²) in [4.78, 5) is 15.9. The lowest BCUT2D eigenvalue weighted by molar-refractivity contribution is -0.120. The number of nitrogens with zero attached hydrogens (tertiary/aromatic N) is 2. The third-order valence-corrected chi connectivity index (χ3v) is 5.63. The van der Waals surface area contributed by atoms with Crippen molar-refractivity contribution in [3.05, 3.63) is 76.0 Å². The van der Waals surface area contributed by atoms with Crippen LogP contribution in [0.2, 0.25) is 0 Å². The van der Waals surface area contributed by atoms with E-state index in [1.807, 2.05) is 0 Å². The first kappa shape index (κ1) is 22.4. The minimum atomic E-state index is -1.25. The molecule has 3 heterocycles. The average Bonchev–Trinajstić information content (AvgIpc) is 3.48. The second-order valence-electron chi connectivity index (χ2n) is 8.06. The zero-order chi connectivity index (χ0) is 23.7. The molecule has 0 radical (unpaired) electrons. The highest BCUT2D eigenvalue weighted by molar-refractivity contribution is 5.65. The van der Waals surface area contributed by atoms with Crippen LogP contribution >= 0.6 is 0 Å². The Morgan fingerprint density at radius 1 is 1.12 bits per heavy atom. The van der Waals surface area contributed by atoms with Crippen LogP contribution in [0.5, 0.6) is 11.8 Å². The van der Waals surface area contributed by atoms with Crippen molar-refractivity contribution < 1.29 is 32.1 Å². The molecule has 2 unspecified atom stereocenters. The van der Waals surface area contributed by atoms with E-state index in [1.54, 1.807) is 16.7 Å². The third kappa shape index (κ3) is 4.78. The van der Waals surface area contributed by atoms with Crippen molar-refractivity contribution >= 4 is 0 Å². The van der Waals surface area contributed by atoms with E-state index in [-0.39, 0.29) is 31.1 Å². The standard InChI is InChI=1S/C24H21F3N2O5/c25-15-8-19(23(27)20(26)9-15)14-3-5-17(6-4-14)32-13-18-11-29-16(10-21(30)28-24(29)34-18)12-33-22-2-1-7-31-22/h3-6,8-10,18,22H,1-2,7,11-13H2. The molecule has 5 rings (SSSR count). The van der Waals surface area contributed by atoms with E-state index >= 15 is 0 Å². The lowest BCUT2D eigenvalue weighted by atomic mass is 10.0. The maximum Gasteiger partial charge on any atom is 0.300 e. The monoisotopic (exact) mass is 474 g/mol. The first-order valence-electron chi connectivity index (χ1n) is 10.8. The fraction of sp³-hybridized carbons (Fsp3) is 0.333. The van der Waals surface area contributed by atoms with Crippen molar-refractivity contribution in [3.8, 4) is 22.9 Å². The van der Waals surface area contributed by atoms with Gasteiger partial charge in [-0.15, -0.1) is 0 Å². The van der Waals surface area contributed by atoms with E-state index in [0.29, 0.717) is 36.2 Å². The molecule has 1 fully saturated rings. The van der Waals surface area contributed by atoms with Gasteiger partial charge in [0.05, 0.1) is 18.8 Å². The van der Waals surface area contributed by atoms with E-state index in [0.717, 1.165) is 18.9 Å². The van der Waals surface area contributed by atoms with E-state index in [9.17, 15) is 18.0 Å². The minimum Gasteiger partial charge on any atom is -0.490 e. The van der Waals surface area contributed by atoms with Crippen LogP contribution in [0, 0.1) is 17.5 Å². The Morgan fingerprint density at radius 3 is 2.71 bits per heavy atom. The third-order valence-electron chi connectivity index (χ3n) is 5.63. The number of fused-ring (bicyclic) bond motifs is 1. The fourth-order valence-electron chi connectivity index (χ4n) is 3.96. The largest absolute Gasteiger partial charge is 0.490 e. The Morgan fingerprint density at radius 2 is 1.94 bits per heavy atom. The molecule has 1 aromatic heterocycles. The summed E-state index contributed by atoms with van der Waals surface area (Å²) < 4.78 is 65.5. The highest BCUT2D eigenvalue weighted by atomic mass is 19.2. The molecule has 10 heteroatoms. The van der Waals surface area contributed by atoms with Gasteiger partial charge in [-0.1, -0.05) is 12.1 Å². The molecule has 178 valence electrons. The molecule has 2 aliphatic rings. The molecule has 0 spiro atoms. The molecular formula is C24H21F3N2O5. The van der Waals surface area contributed by atoms with E-state index in [2.05, 4.69) is 4.98 Å². The van der Waals surface area contributed by atoms with Crippen molar-refractivity contribution in [3.63, 3.8) is 0 Å². The van der Waals surface area contributed by atoms with Gasteiger partial charge < -0.3 is 18.9 Å². The van der Waals surface area contributed by atoms with Gasteiger partial charge in [0.1, 0.15) is 18.2 Å². The van der Waals surface area contributed by atoms with Gasteiger partial charge in [-0.3, -0.25) is 9.36 Å². The van der Waals surface area contributed by atoms with Gasteiger partial charge >= 0.3 is 6.01 Å². The summed E-state index contributed by atoms with van der Waals surface area (Å²) in [6.07, 6.45) is 1.08. The number of rotatable bonds is 7. The molecule has 0 bridgehead atoms. The normalized spacial score (nSPS) is 19.1. The van der Waals surface area contributed by atoms with Crippen LogP contribution in [0.3, 0.4) is 0 Å². The topological polar surface area (TPSA) is 71.8 Å². The summed E-state index contributed by atoms with van der Waals surface area (Å²) in [5.41, 5.74) is 0.357. The summed E-state index contributed by atoms with van der Waals surface area (Å²) in [5.74, 6) is -2.76. The van der Waals surface area contributed by atoms with Gasteiger partial charge in [-0.05, 0) is 30.2 Å². The highest BCUT2D eigenvalue weighted by Gasteiger charge is 2.27. The molecule has 0 N–H and O–H groups in total. The summed E-state index contributed by atoms with van der Waals surface area (Å²) in [6, 6.07) is 9.22. The number of benzene rings is 2. The summed E-state index contributed by atoms with van der Waals surface area (Å²) in [6.45, 7) is 1.44. The first-order chi connectivity index (χ1) is 16.5. The van der Waals surface area contributed by atoms with E-state index < -0.39 is 29.1 Å². The molecule has 1 saturated heterocycles. The Labute approximate surface area is 192 Å². The second kappa shape index (κ2) is 9.47. The maximum absolute atomic E-state index is 14.0. The lowest BCUT2D eigenvalue weighted by Crippen LogP contribution is -2.23. The predicted molar refractivity (Wildman–Crippen MR) is 114 cm³/mol. The van der Waals surface area contributed by atoms with Gasteiger partial charge in [0.2, 0.25) is 0 Å². The molecule has 0 aliphatic carbocycles. The fourth-order valence-corrected chi connectivity index (χ4v) is 3.96. The van der Waals surface area contributed by atoms with Gasteiger partial charge in [0, 0.05) is 30.7 Å². The van der Waals surface area contributed by atoms with Gasteiger partial charge in [0.15, 0.2) is 24.0 Å². The Balaban J connectivity index is 1.22.